The predicted octanol–water partition coefficient (Wildman–Crippen LogP) is 2.36. The first-order valence-corrected chi connectivity index (χ1v) is 7.86. The smallest absolute Gasteiger partial charge is 0.163 e. The first-order chi connectivity index (χ1) is 5.99. The van der Waals surface area contributed by atoms with Gasteiger partial charge in [0.1, 0.15) is 13.8 Å². The number of nitrogens with zero attached hydrogens (tertiary/aromatic N) is 2. The molecule has 0 spiro atoms. The first kappa shape index (κ1) is 10.2. The summed E-state index contributed by atoms with van der Waals surface area (Å²) < 4.78 is 0. The Kier molecular flexibility index (Phi) is 3.07. The van der Waals surface area contributed by atoms with Crippen LogP contribution in [0.25, 0.3) is 0 Å². The van der Waals surface area contributed by atoms with Gasteiger partial charge in [0.25, 0.3) is 0 Å². The zero-order chi connectivity index (χ0) is 9.90. The molecule has 0 aliphatic carbocycles. The minimum absolute atomic E-state index is 0.383. The molecule has 4 heteroatoms. The van der Waals surface area contributed by atoms with Gasteiger partial charge in [0, 0.05) is 12.4 Å². The van der Waals surface area contributed by atoms with Gasteiger partial charge in [-0.1, -0.05) is 37.2 Å². The number of aromatic nitrogens is 2. The van der Waals surface area contributed by atoms with Crippen molar-refractivity contribution in [3.05, 3.63) is 23.2 Å². The maximum Gasteiger partial charge on any atom is 0.163 e. The summed E-state index contributed by atoms with van der Waals surface area (Å²) in [5.41, 5.74) is 3.76. The highest BCUT2D eigenvalue weighted by Gasteiger charge is 2.08. The normalized spacial score (nSPS) is 10.5. The zero-order valence-corrected chi connectivity index (χ0v) is 9.68. The minimum Gasteiger partial charge on any atom is -0.243 e. The second-order valence-electron chi connectivity index (χ2n) is 3.70. The van der Waals surface area contributed by atoms with E-state index in [4.69, 9.17) is 11.6 Å². The van der Waals surface area contributed by atoms with Crippen molar-refractivity contribution in [1.82, 2.24) is 9.97 Å². The summed E-state index contributed by atoms with van der Waals surface area (Å²) in [6, 6.07) is 0. The van der Waals surface area contributed by atoms with Crippen molar-refractivity contribution in [2.75, 3.05) is 0 Å². The van der Waals surface area contributed by atoms with Gasteiger partial charge in [0.2, 0.25) is 0 Å². The van der Waals surface area contributed by atoms with Crippen molar-refractivity contribution in [1.29, 1.82) is 0 Å². The molecule has 0 aliphatic heterocycles. The molecular weight excluding hydrogens is 200 g/mol. The van der Waals surface area contributed by atoms with Crippen LogP contribution >= 0.6 is 11.6 Å². The van der Waals surface area contributed by atoms with E-state index in [1.165, 1.54) is 0 Å². The van der Waals surface area contributed by atoms with Crippen LogP contribution in [0.2, 0.25) is 24.8 Å². The number of rotatable bonds is 0. The molecule has 1 aromatic heterocycles. The summed E-state index contributed by atoms with van der Waals surface area (Å²) in [4.78, 5) is 7.93. The summed E-state index contributed by atoms with van der Waals surface area (Å²) in [5, 5.41) is 0.383. The molecule has 0 N–H and O–H groups in total. The van der Waals surface area contributed by atoms with E-state index in [1.807, 2.05) is 0 Å². The monoisotopic (exact) mass is 210 g/mol. The van der Waals surface area contributed by atoms with E-state index in [0.717, 1.165) is 0 Å². The van der Waals surface area contributed by atoms with Crippen LogP contribution in [0, 0.1) is 11.5 Å². The van der Waals surface area contributed by atoms with Gasteiger partial charge in [-0.25, -0.2) is 9.97 Å². The van der Waals surface area contributed by atoms with E-state index in [9.17, 15) is 0 Å². The van der Waals surface area contributed by atoms with E-state index in [1.54, 1.807) is 12.4 Å². The molecule has 2 nitrogen and oxygen atoms in total. The average molecular weight is 211 g/mol. The van der Waals surface area contributed by atoms with Crippen LogP contribution in [0.1, 0.15) is 5.69 Å². The molecule has 0 saturated heterocycles. The van der Waals surface area contributed by atoms with Crippen molar-refractivity contribution in [3.8, 4) is 11.5 Å². The molecular formula is C9H11ClN2Si. The van der Waals surface area contributed by atoms with Crippen LogP contribution in [-0.4, -0.2) is 18.0 Å². The molecule has 1 heterocycles. The minimum atomic E-state index is -1.35. The van der Waals surface area contributed by atoms with Crippen LogP contribution in [0.4, 0.5) is 0 Å². The van der Waals surface area contributed by atoms with Crippen LogP contribution in [0.15, 0.2) is 12.4 Å². The molecule has 0 atom stereocenters. The topological polar surface area (TPSA) is 25.8 Å². The Morgan fingerprint density at radius 3 is 2.38 bits per heavy atom. The lowest BCUT2D eigenvalue weighted by atomic mass is 10.5. The van der Waals surface area contributed by atoms with Gasteiger partial charge < -0.3 is 0 Å². The van der Waals surface area contributed by atoms with Crippen molar-refractivity contribution >= 4 is 19.7 Å². The molecule has 0 aliphatic rings. The van der Waals surface area contributed by atoms with E-state index in [2.05, 4.69) is 41.1 Å². The van der Waals surface area contributed by atoms with Crippen molar-refractivity contribution in [3.63, 3.8) is 0 Å². The first-order valence-electron chi connectivity index (χ1n) is 3.99. The third kappa shape index (κ3) is 3.58. The molecule has 0 aromatic carbocycles. The maximum absolute atomic E-state index is 5.79. The van der Waals surface area contributed by atoms with Crippen molar-refractivity contribution < 1.29 is 0 Å². The molecule has 0 unspecified atom stereocenters. The van der Waals surface area contributed by atoms with Crippen LogP contribution in [0.3, 0.4) is 0 Å². The SMILES string of the molecule is C[Si](C)(C)C#Cc1nccnc1Cl. The zero-order valence-electron chi connectivity index (χ0n) is 7.93. The lowest BCUT2D eigenvalue weighted by Gasteiger charge is -2.03. The fraction of sp³-hybridized carbons (Fsp3) is 0.333. The standard InChI is InChI=1S/C9H11ClN2Si/c1-13(2,3)7-4-8-9(10)12-6-5-11-8/h5-6H,1-3H3. The molecule has 0 bridgehead atoms. The molecule has 0 saturated carbocycles. The van der Waals surface area contributed by atoms with E-state index >= 15 is 0 Å². The van der Waals surface area contributed by atoms with E-state index in [-0.39, 0.29) is 0 Å². The van der Waals surface area contributed by atoms with Gasteiger partial charge in [0.05, 0.1) is 0 Å². The number of hydrogen-bond acceptors (Lipinski definition) is 2. The van der Waals surface area contributed by atoms with Gasteiger partial charge >= 0.3 is 0 Å². The summed E-state index contributed by atoms with van der Waals surface area (Å²) in [6.07, 6.45) is 3.15. The predicted molar refractivity (Wildman–Crippen MR) is 57.3 cm³/mol. The van der Waals surface area contributed by atoms with E-state index in [0.29, 0.717) is 10.8 Å². The summed E-state index contributed by atoms with van der Waals surface area (Å²) in [5.74, 6) is 2.96. The third-order valence-electron chi connectivity index (χ3n) is 1.21. The Balaban J connectivity index is 2.97. The molecule has 1 rings (SSSR count). The second kappa shape index (κ2) is 3.90. The fourth-order valence-corrected chi connectivity index (χ4v) is 1.30. The molecule has 13 heavy (non-hydrogen) atoms. The fourth-order valence-electron chi connectivity index (χ4n) is 0.652. The highest BCUT2D eigenvalue weighted by Crippen LogP contribution is 2.07. The van der Waals surface area contributed by atoms with Crippen LogP contribution in [0.5, 0.6) is 0 Å². The van der Waals surface area contributed by atoms with Crippen molar-refractivity contribution in [2.24, 2.45) is 0 Å². The molecule has 68 valence electrons. The molecule has 0 fully saturated rings. The summed E-state index contributed by atoms with van der Waals surface area (Å²) in [6.45, 7) is 6.51. The Hall–Kier alpha value is -0.853. The molecule has 1 aromatic rings. The maximum atomic E-state index is 5.79. The van der Waals surface area contributed by atoms with Gasteiger partial charge in [-0.3, -0.25) is 0 Å². The molecule has 0 amide bonds. The van der Waals surface area contributed by atoms with Crippen molar-refractivity contribution in [2.45, 2.75) is 19.6 Å². The lowest BCUT2D eigenvalue weighted by Crippen LogP contribution is -2.16. The summed E-state index contributed by atoms with van der Waals surface area (Å²) in [7, 11) is -1.35. The van der Waals surface area contributed by atoms with Crippen LogP contribution < -0.4 is 0 Å². The van der Waals surface area contributed by atoms with Gasteiger partial charge in [-0.15, -0.1) is 5.54 Å². The summed E-state index contributed by atoms with van der Waals surface area (Å²) >= 11 is 5.79. The highest BCUT2D eigenvalue weighted by atomic mass is 35.5. The Bertz CT molecular complexity index is 360. The van der Waals surface area contributed by atoms with Crippen LogP contribution in [-0.2, 0) is 0 Å². The third-order valence-corrected chi connectivity index (χ3v) is 2.36. The lowest BCUT2D eigenvalue weighted by molar-refractivity contribution is 1.17. The molecule has 0 radical (unpaired) electrons. The quantitative estimate of drug-likeness (QED) is 0.486. The van der Waals surface area contributed by atoms with Gasteiger partial charge in [-0.2, -0.15) is 0 Å². The average Bonchev–Trinajstić information content (AvgIpc) is 2.01. The van der Waals surface area contributed by atoms with Gasteiger partial charge in [-0.05, 0) is 0 Å². The second-order valence-corrected chi connectivity index (χ2v) is 8.80. The Morgan fingerprint density at radius 2 is 1.85 bits per heavy atom. The number of hydrogen-bond donors (Lipinski definition) is 0. The van der Waals surface area contributed by atoms with E-state index < -0.39 is 8.07 Å². The number of halogens is 1. The Labute approximate surface area is 84.4 Å². The highest BCUT2D eigenvalue weighted by molar-refractivity contribution is 6.83. The Morgan fingerprint density at radius 1 is 1.23 bits per heavy atom. The largest absolute Gasteiger partial charge is 0.243 e. The van der Waals surface area contributed by atoms with Gasteiger partial charge in [0.15, 0.2) is 5.15 Å².